The van der Waals surface area contributed by atoms with Gasteiger partial charge in [0.15, 0.2) is 0 Å². The summed E-state index contributed by atoms with van der Waals surface area (Å²) in [5.74, 6) is 0. The Morgan fingerprint density at radius 1 is 1.73 bits per heavy atom. The Hall–Kier alpha value is -0.710. The van der Waals surface area contributed by atoms with Crippen LogP contribution in [0.4, 0.5) is 4.39 Å². The highest BCUT2D eigenvalue weighted by Crippen LogP contribution is 2.25. The van der Waals surface area contributed by atoms with Gasteiger partial charge in [-0.1, -0.05) is 6.08 Å². The number of halogens is 1. The lowest BCUT2D eigenvalue weighted by Crippen LogP contribution is -2.30. The molecule has 0 heterocycles. The number of ether oxygens (including phenoxy) is 1. The molecule has 1 aliphatic rings. The Balaban J connectivity index is 2.49. The molecule has 0 radical (unpaired) electrons. The molecule has 4 heteroatoms. The van der Waals surface area contributed by atoms with Crippen LogP contribution in [0.25, 0.3) is 0 Å². The van der Waals surface area contributed by atoms with E-state index in [-0.39, 0.29) is 19.3 Å². The van der Waals surface area contributed by atoms with Crippen LogP contribution in [-0.2, 0) is 4.74 Å². The van der Waals surface area contributed by atoms with Crippen LogP contribution in [0.15, 0.2) is 23.8 Å². The zero-order valence-electron chi connectivity index (χ0n) is 9.11. The molecule has 3 N–H and O–H groups in total. The average Bonchev–Trinajstić information content (AvgIpc) is 2.15. The van der Waals surface area contributed by atoms with Crippen LogP contribution in [0.3, 0.4) is 0 Å². The third-order valence-electron chi connectivity index (χ3n) is 2.30. The van der Waals surface area contributed by atoms with Crippen LogP contribution in [0.2, 0.25) is 0 Å². The Morgan fingerprint density at radius 2 is 2.40 bits per heavy atom. The van der Waals surface area contributed by atoms with Crippen molar-refractivity contribution in [1.29, 1.82) is 0 Å². The number of rotatable bonds is 4. The molecule has 0 amide bonds. The largest absolute Gasteiger partial charge is 0.389 e. The molecule has 0 fully saturated rings. The van der Waals surface area contributed by atoms with Crippen LogP contribution in [-0.4, -0.2) is 36.1 Å². The van der Waals surface area contributed by atoms with Crippen molar-refractivity contribution in [3.05, 3.63) is 23.8 Å². The maximum absolute atomic E-state index is 13.5. The van der Waals surface area contributed by atoms with Crippen LogP contribution in [0.1, 0.15) is 13.8 Å². The number of allylic oxidation sites excluding steroid dienone is 2. The van der Waals surface area contributed by atoms with E-state index in [2.05, 4.69) is 0 Å². The van der Waals surface area contributed by atoms with Crippen LogP contribution in [0, 0.1) is 0 Å². The monoisotopic (exact) mass is 215 g/mol. The van der Waals surface area contributed by atoms with E-state index in [4.69, 9.17) is 10.5 Å². The predicted molar refractivity (Wildman–Crippen MR) is 57.2 cm³/mol. The summed E-state index contributed by atoms with van der Waals surface area (Å²) in [6.45, 7) is 3.62. The summed E-state index contributed by atoms with van der Waals surface area (Å²) in [4.78, 5) is 0. The van der Waals surface area contributed by atoms with E-state index in [9.17, 15) is 9.50 Å². The molecule has 0 aromatic carbocycles. The normalized spacial score (nSPS) is 32.6. The molecule has 0 bridgehead atoms. The van der Waals surface area contributed by atoms with Gasteiger partial charge in [0, 0.05) is 6.54 Å². The third-order valence-corrected chi connectivity index (χ3v) is 2.30. The fourth-order valence-corrected chi connectivity index (χ4v) is 1.47. The Morgan fingerprint density at radius 3 is 2.93 bits per heavy atom. The minimum Gasteiger partial charge on any atom is -0.389 e. The summed E-state index contributed by atoms with van der Waals surface area (Å²) in [5.41, 5.74) is 4.66. The second kappa shape index (κ2) is 4.88. The van der Waals surface area contributed by atoms with Crippen molar-refractivity contribution in [3.63, 3.8) is 0 Å². The van der Waals surface area contributed by atoms with Crippen molar-refractivity contribution in [1.82, 2.24) is 0 Å². The van der Waals surface area contributed by atoms with Crippen molar-refractivity contribution in [2.45, 2.75) is 31.7 Å². The first-order valence-electron chi connectivity index (χ1n) is 5.02. The highest BCUT2D eigenvalue weighted by molar-refractivity contribution is 5.28. The summed E-state index contributed by atoms with van der Waals surface area (Å²) in [5, 5.41) is 9.21. The molecule has 15 heavy (non-hydrogen) atoms. The van der Waals surface area contributed by atoms with Gasteiger partial charge in [-0.3, -0.25) is 0 Å². The molecular weight excluding hydrogens is 197 g/mol. The van der Waals surface area contributed by atoms with Gasteiger partial charge in [0.2, 0.25) is 0 Å². The SMILES string of the molecule is CC1=CC(C)(F)C=CC1OC[C@H](O)CN. The molecule has 0 aromatic heterocycles. The van der Waals surface area contributed by atoms with Crippen molar-refractivity contribution in [2.75, 3.05) is 13.2 Å². The van der Waals surface area contributed by atoms with Gasteiger partial charge < -0.3 is 15.6 Å². The second-order valence-corrected chi connectivity index (χ2v) is 4.04. The summed E-state index contributed by atoms with van der Waals surface area (Å²) in [6, 6.07) is 0. The topological polar surface area (TPSA) is 55.5 Å². The zero-order valence-corrected chi connectivity index (χ0v) is 9.11. The van der Waals surface area contributed by atoms with Crippen molar-refractivity contribution in [2.24, 2.45) is 5.73 Å². The average molecular weight is 215 g/mol. The number of hydrogen-bond donors (Lipinski definition) is 2. The van der Waals surface area contributed by atoms with Crippen molar-refractivity contribution >= 4 is 0 Å². The van der Waals surface area contributed by atoms with Crippen molar-refractivity contribution in [3.8, 4) is 0 Å². The highest BCUT2D eigenvalue weighted by Gasteiger charge is 2.24. The number of alkyl halides is 1. The molecule has 0 saturated carbocycles. The molecule has 86 valence electrons. The summed E-state index contributed by atoms with van der Waals surface area (Å²) in [7, 11) is 0. The predicted octanol–water partition coefficient (Wildman–Crippen LogP) is 0.935. The molecule has 1 rings (SSSR count). The van der Waals surface area contributed by atoms with Gasteiger partial charge in [-0.15, -0.1) is 0 Å². The Labute approximate surface area is 89.4 Å². The first-order chi connectivity index (χ1) is 6.94. The lowest BCUT2D eigenvalue weighted by Gasteiger charge is -2.24. The number of aliphatic hydroxyl groups is 1. The molecular formula is C11H18FNO2. The van der Waals surface area contributed by atoms with Gasteiger partial charge in [-0.2, -0.15) is 0 Å². The van der Waals surface area contributed by atoms with Gasteiger partial charge in [-0.25, -0.2) is 4.39 Å². The van der Waals surface area contributed by atoms with E-state index < -0.39 is 11.8 Å². The van der Waals surface area contributed by atoms with E-state index in [1.807, 2.05) is 0 Å². The Kier molecular flexibility index (Phi) is 4.02. The zero-order chi connectivity index (χ0) is 11.5. The Bertz CT molecular complexity index is 274. The summed E-state index contributed by atoms with van der Waals surface area (Å²) >= 11 is 0. The minimum atomic E-state index is -1.39. The van der Waals surface area contributed by atoms with Gasteiger partial charge in [0.05, 0.1) is 18.8 Å². The maximum Gasteiger partial charge on any atom is 0.145 e. The van der Waals surface area contributed by atoms with Crippen LogP contribution < -0.4 is 5.73 Å². The molecule has 2 unspecified atom stereocenters. The summed E-state index contributed by atoms with van der Waals surface area (Å²) < 4.78 is 18.9. The smallest absolute Gasteiger partial charge is 0.145 e. The molecule has 1 aliphatic carbocycles. The van der Waals surface area contributed by atoms with E-state index in [0.29, 0.717) is 0 Å². The van der Waals surface area contributed by atoms with E-state index in [0.717, 1.165) is 5.57 Å². The van der Waals surface area contributed by atoms with Gasteiger partial charge in [-0.05, 0) is 31.6 Å². The van der Waals surface area contributed by atoms with Crippen LogP contribution in [0.5, 0.6) is 0 Å². The third kappa shape index (κ3) is 3.74. The van der Waals surface area contributed by atoms with Gasteiger partial charge in [0.1, 0.15) is 5.67 Å². The van der Waals surface area contributed by atoms with E-state index in [1.165, 1.54) is 19.1 Å². The van der Waals surface area contributed by atoms with Gasteiger partial charge in [0.25, 0.3) is 0 Å². The molecule has 0 saturated heterocycles. The lowest BCUT2D eigenvalue weighted by molar-refractivity contribution is 0.0248. The number of aliphatic hydroxyl groups excluding tert-OH is 1. The first-order valence-corrected chi connectivity index (χ1v) is 5.02. The fourth-order valence-electron chi connectivity index (χ4n) is 1.47. The first kappa shape index (κ1) is 12.4. The van der Waals surface area contributed by atoms with Crippen LogP contribution >= 0.6 is 0 Å². The van der Waals surface area contributed by atoms with E-state index >= 15 is 0 Å². The lowest BCUT2D eigenvalue weighted by atomic mass is 9.95. The van der Waals surface area contributed by atoms with Crippen molar-refractivity contribution < 1.29 is 14.2 Å². The number of hydrogen-bond acceptors (Lipinski definition) is 3. The molecule has 3 atom stereocenters. The minimum absolute atomic E-state index is 0.166. The molecule has 0 aromatic rings. The fraction of sp³-hybridized carbons (Fsp3) is 0.636. The quantitative estimate of drug-likeness (QED) is 0.686. The summed E-state index contributed by atoms with van der Waals surface area (Å²) in [6.07, 6.45) is 3.73. The maximum atomic E-state index is 13.5. The molecule has 3 nitrogen and oxygen atoms in total. The molecule has 0 aliphatic heterocycles. The second-order valence-electron chi connectivity index (χ2n) is 4.04. The standard InChI is InChI=1S/C11H18FNO2/c1-8-5-11(2,12)4-3-10(8)15-7-9(14)6-13/h3-5,9-10,14H,6-7,13H2,1-2H3/t9-,10?,11?/m1/s1. The van der Waals surface area contributed by atoms with Gasteiger partial charge >= 0.3 is 0 Å². The molecule has 0 spiro atoms. The van der Waals surface area contributed by atoms with E-state index in [1.54, 1.807) is 13.0 Å². The number of nitrogens with two attached hydrogens (primary N) is 1. The highest BCUT2D eigenvalue weighted by atomic mass is 19.1.